The summed E-state index contributed by atoms with van der Waals surface area (Å²) < 4.78 is 11.2. The molecule has 1 heterocycles. The van der Waals surface area contributed by atoms with Crippen LogP contribution in [0.3, 0.4) is 0 Å². The molecule has 1 fully saturated rings. The zero-order chi connectivity index (χ0) is 24.8. The van der Waals surface area contributed by atoms with E-state index in [1.165, 1.54) is 11.1 Å². The Morgan fingerprint density at radius 1 is 1.14 bits per heavy atom. The number of ether oxygens (including phenoxy) is 2. The van der Waals surface area contributed by atoms with Gasteiger partial charge in [-0.1, -0.05) is 24.3 Å². The number of carbonyl (C=O) groups is 2. The van der Waals surface area contributed by atoms with Gasteiger partial charge in [0.1, 0.15) is 5.75 Å². The fraction of sp³-hybridized carbons (Fsp3) is 0.517. The lowest BCUT2D eigenvalue weighted by atomic mass is 9.95. The van der Waals surface area contributed by atoms with Gasteiger partial charge in [0.25, 0.3) is 5.91 Å². The van der Waals surface area contributed by atoms with Crippen LogP contribution in [0, 0.1) is 5.92 Å². The van der Waals surface area contributed by atoms with E-state index < -0.39 is 6.10 Å². The van der Waals surface area contributed by atoms with E-state index in [1.807, 2.05) is 13.8 Å². The van der Waals surface area contributed by atoms with Crippen LogP contribution in [-0.2, 0) is 17.6 Å². The minimum Gasteiger partial charge on any atom is -0.493 e. The van der Waals surface area contributed by atoms with E-state index in [9.17, 15) is 14.7 Å². The Balaban J connectivity index is 1.31. The maximum absolute atomic E-state index is 13.0. The SMILES string of the molecule is CCOc1cc(C(=O)N2CCOC[C@H]2C)ccc1C(=O)CC[C@@H](O)CCC1Cc2ccccc2C1. The molecule has 2 aromatic rings. The smallest absolute Gasteiger partial charge is 0.254 e. The van der Waals surface area contributed by atoms with Gasteiger partial charge in [-0.3, -0.25) is 9.59 Å². The molecule has 1 amide bonds. The normalized spacial score (nSPS) is 18.8. The Morgan fingerprint density at radius 2 is 1.89 bits per heavy atom. The monoisotopic (exact) mass is 479 g/mol. The molecule has 0 bridgehead atoms. The molecular formula is C29H37NO5. The van der Waals surface area contributed by atoms with E-state index in [4.69, 9.17) is 9.47 Å². The zero-order valence-corrected chi connectivity index (χ0v) is 20.9. The van der Waals surface area contributed by atoms with Crippen LogP contribution in [0.5, 0.6) is 5.75 Å². The quantitative estimate of drug-likeness (QED) is 0.509. The number of hydrogen-bond acceptors (Lipinski definition) is 5. The first-order chi connectivity index (χ1) is 17.0. The van der Waals surface area contributed by atoms with Crippen LogP contribution in [0.1, 0.15) is 71.4 Å². The summed E-state index contributed by atoms with van der Waals surface area (Å²) in [7, 11) is 0. The molecule has 0 radical (unpaired) electrons. The number of amides is 1. The Bertz CT molecular complexity index is 1010. The lowest BCUT2D eigenvalue weighted by Crippen LogP contribution is -2.47. The standard InChI is InChI=1S/C29H37NO5/c1-3-35-28-18-24(29(33)30-14-15-34-19-20(30)2)9-12-26(28)27(32)13-11-25(31)10-8-21-16-22-6-4-5-7-23(22)17-21/h4-7,9,12,18,20-21,25,31H,3,8,10-11,13-17,19H2,1-2H3/t20-,25+/m1/s1. The first-order valence-corrected chi connectivity index (χ1v) is 12.9. The van der Waals surface area contributed by atoms with E-state index in [2.05, 4.69) is 24.3 Å². The number of rotatable bonds is 10. The van der Waals surface area contributed by atoms with Crippen LogP contribution in [0.15, 0.2) is 42.5 Å². The Labute approximate surface area is 208 Å². The fourth-order valence-electron chi connectivity index (χ4n) is 5.21. The van der Waals surface area contributed by atoms with E-state index >= 15 is 0 Å². The average Bonchev–Trinajstić information content (AvgIpc) is 3.29. The van der Waals surface area contributed by atoms with Gasteiger partial charge in [0, 0.05) is 18.5 Å². The number of nitrogens with zero attached hydrogens (tertiary/aromatic N) is 1. The molecule has 6 heteroatoms. The van der Waals surface area contributed by atoms with Crippen molar-refractivity contribution in [2.24, 2.45) is 5.92 Å². The van der Waals surface area contributed by atoms with Crippen LogP contribution < -0.4 is 4.74 Å². The summed E-state index contributed by atoms with van der Waals surface area (Å²) in [5.74, 6) is 0.855. The summed E-state index contributed by atoms with van der Waals surface area (Å²) in [6, 6.07) is 13.6. The lowest BCUT2D eigenvalue weighted by Gasteiger charge is -2.33. The van der Waals surface area contributed by atoms with E-state index in [0.29, 0.717) is 62.0 Å². The minimum atomic E-state index is -0.498. The second kappa shape index (κ2) is 11.8. The maximum atomic E-state index is 13.0. The topological polar surface area (TPSA) is 76.1 Å². The van der Waals surface area contributed by atoms with Gasteiger partial charge in [0.05, 0.1) is 37.5 Å². The second-order valence-electron chi connectivity index (χ2n) is 9.80. The summed E-state index contributed by atoms with van der Waals surface area (Å²) in [5.41, 5.74) is 3.83. The van der Waals surface area contributed by atoms with Crippen LogP contribution in [0.25, 0.3) is 0 Å². The van der Waals surface area contributed by atoms with Gasteiger partial charge in [-0.15, -0.1) is 0 Å². The highest BCUT2D eigenvalue weighted by molar-refractivity contribution is 6.01. The summed E-state index contributed by atoms with van der Waals surface area (Å²) in [6.45, 7) is 5.83. The van der Waals surface area contributed by atoms with Crippen molar-refractivity contribution in [1.82, 2.24) is 4.90 Å². The number of benzene rings is 2. The van der Waals surface area contributed by atoms with Crippen molar-refractivity contribution >= 4 is 11.7 Å². The summed E-state index contributed by atoms with van der Waals surface area (Å²) in [6.07, 6.45) is 4.00. The summed E-state index contributed by atoms with van der Waals surface area (Å²) in [4.78, 5) is 27.8. The Hall–Kier alpha value is -2.70. The largest absolute Gasteiger partial charge is 0.493 e. The van der Waals surface area contributed by atoms with Gasteiger partial charge < -0.3 is 19.5 Å². The van der Waals surface area contributed by atoms with Gasteiger partial charge in [-0.05, 0) is 81.2 Å². The third-order valence-corrected chi connectivity index (χ3v) is 7.21. The van der Waals surface area contributed by atoms with Crippen molar-refractivity contribution in [3.8, 4) is 5.75 Å². The van der Waals surface area contributed by atoms with Crippen LogP contribution in [-0.4, -0.2) is 60.2 Å². The number of carbonyl (C=O) groups excluding carboxylic acids is 2. The summed E-state index contributed by atoms with van der Waals surface area (Å²) in [5, 5.41) is 10.5. The van der Waals surface area contributed by atoms with Crippen LogP contribution in [0.2, 0.25) is 0 Å². The molecule has 0 aromatic heterocycles. The van der Waals surface area contributed by atoms with Gasteiger partial charge in [0.2, 0.25) is 0 Å². The number of hydrogen-bond donors (Lipinski definition) is 1. The molecule has 1 N–H and O–H groups in total. The molecule has 2 aliphatic rings. The van der Waals surface area contributed by atoms with Crippen molar-refractivity contribution in [3.05, 3.63) is 64.7 Å². The van der Waals surface area contributed by atoms with E-state index in [0.717, 1.165) is 19.3 Å². The number of Topliss-reactive ketones (excluding diaryl/α,β-unsaturated/α-hetero) is 1. The summed E-state index contributed by atoms with van der Waals surface area (Å²) >= 11 is 0. The third-order valence-electron chi connectivity index (χ3n) is 7.21. The first-order valence-electron chi connectivity index (χ1n) is 12.9. The molecule has 1 aliphatic carbocycles. The predicted molar refractivity (Wildman–Crippen MR) is 135 cm³/mol. The number of ketones is 1. The molecule has 6 nitrogen and oxygen atoms in total. The number of fused-ring (bicyclic) bond motifs is 1. The van der Waals surface area contributed by atoms with E-state index in [1.54, 1.807) is 23.1 Å². The van der Waals surface area contributed by atoms with Gasteiger partial charge in [0.15, 0.2) is 5.78 Å². The molecule has 0 unspecified atom stereocenters. The molecule has 0 spiro atoms. The number of morpholine rings is 1. The lowest BCUT2D eigenvalue weighted by molar-refractivity contribution is 0.00357. The maximum Gasteiger partial charge on any atom is 0.254 e. The van der Waals surface area contributed by atoms with Crippen molar-refractivity contribution in [2.75, 3.05) is 26.4 Å². The molecule has 1 saturated heterocycles. The Morgan fingerprint density at radius 3 is 2.57 bits per heavy atom. The Kier molecular flexibility index (Phi) is 8.58. The molecule has 2 atom stereocenters. The van der Waals surface area contributed by atoms with Crippen LogP contribution >= 0.6 is 0 Å². The first kappa shape index (κ1) is 25.4. The molecule has 0 saturated carbocycles. The molecule has 188 valence electrons. The fourth-order valence-corrected chi connectivity index (χ4v) is 5.21. The number of aliphatic hydroxyl groups is 1. The van der Waals surface area contributed by atoms with Crippen molar-refractivity contribution < 1.29 is 24.2 Å². The minimum absolute atomic E-state index is 0.00740. The van der Waals surface area contributed by atoms with Crippen molar-refractivity contribution in [3.63, 3.8) is 0 Å². The second-order valence-corrected chi connectivity index (χ2v) is 9.80. The molecule has 35 heavy (non-hydrogen) atoms. The van der Waals surface area contributed by atoms with Crippen molar-refractivity contribution in [2.45, 2.75) is 64.5 Å². The molecule has 1 aliphatic heterocycles. The molecular weight excluding hydrogens is 442 g/mol. The predicted octanol–water partition coefficient (Wildman–Crippen LogP) is 4.47. The zero-order valence-electron chi connectivity index (χ0n) is 20.9. The average molecular weight is 480 g/mol. The van der Waals surface area contributed by atoms with Gasteiger partial charge >= 0.3 is 0 Å². The molecule has 2 aromatic carbocycles. The number of aliphatic hydroxyl groups excluding tert-OH is 1. The highest BCUT2D eigenvalue weighted by Crippen LogP contribution is 2.30. The van der Waals surface area contributed by atoms with Gasteiger partial charge in [-0.25, -0.2) is 0 Å². The van der Waals surface area contributed by atoms with Gasteiger partial charge in [-0.2, -0.15) is 0 Å². The molecule has 4 rings (SSSR count). The third kappa shape index (κ3) is 6.30. The van der Waals surface area contributed by atoms with Crippen molar-refractivity contribution in [1.29, 1.82) is 0 Å². The van der Waals surface area contributed by atoms with E-state index in [-0.39, 0.29) is 24.2 Å². The highest BCUT2D eigenvalue weighted by Gasteiger charge is 2.26. The van der Waals surface area contributed by atoms with Crippen LogP contribution in [0.4, 0.5) is 0 Å². The highest BCUT2D eigenvalue weighted by atomic mass is 16.5.